The van der Waals surface area contributed by atoms with Gasteiger partial charge in [0.25, 0.3) is 0 Å². The number of nitrogens with two attached hydrogens (primary N) is 1. The van der Waals surface area contributed by atoms with Crippen molar-refractivity contribution in [3.63, 3.8) is 0 Å². The molecular weight excluding hydrogens is 208 g/mol. The Morgan fingerprint density at radius 2 is 2.27 bits per heavy atom. The molecule has 15 heavy (non-hydrogen) atoms. The van der Waals surface area contributed by atoms with Gasteiger partial charge in [0.15, 0.2) is 0 Å². The van der Waals surface area contributed by atoms with Gasteiger partial charge < -0.3 is 10.8 Å². The molecule has 4 heteroatoms. The highest BCUT2D eigenvalue weighted by atomic mass is 32.1. The van der Waals surface area contributed by atoms with Gasteiger partial charge in [-0.3, -0.25) is 4.90 Å². The maximum Gasteiger partial charge on any atom is 0.0564 e. The van der Waals surface area contributed by atoms with Gasteiger partial charge in [-0.1, -0.05) is 6.07 Å². The third-order valence-electron chi connectivity index (χ3n) is 3.03. The van der Waals surface area contributed by atoms with Crippen LogP contribution in [0.2, 0.25) is 0 Å². The minimum absolute atomic E-state index is 0.108. The number of nitrogens with zero attached hydrogens (tertiary/aromatic N) is 1. The maximum absolute atomic E-state index is 9.46. The molecule has 1 aliphatic rings. The average Bonchev–Trinajstić information content (AvgIpc) is 2.75. The first-order chi connectivity index (χ1) is 7.31. The highest BCUT2D eigenvalue weighted by molar-refractivity contribution is 7.10. The standard InChI is InChI=1S/C11H18N2OS/c12-8-10(11-2-1-7-15-11)13-5-3-9(14)4-6-13/h1-2,7,9-10,14H,3-6,8,12H2. The quantitative estimate of drug-likeness (QED) is 0.814. The molecule has 84 valence electrons. The molecule has 1 aliphatic heterocycles. The van der Waals surface area contributed by atoms with Crippen molar-refractivity contribution in [2.24, 2.45) is 5.73 Å². The normalized spacial score (nSPS) is 21.7. The van der Waals surface area contributed by atoms with E-state index in [-0.39, 0.29) is 6.10 Å². The monoisotopic (exact) mass is 226 g/mol. The lowest BCUT2D eigenvalue weighted by molar-refractivity contribution is 0.0630. The van der Waals surface area contributed by atoms with Crippen LogP contribution >= 0.6 is 11.3 Å². The number of likely N-dealkylation sites (tertiary alicyclic amines) is 1. The molecule has 0 spiro atoms. The molecule has 2 rings (SSSR count). The lowest BCUT2D eigenvalue weighted by Crippen LogP contribution is -2.40. The van der Waals surface area contributed by atoms with Gasteiger partial charge in [0.2, 0.25) is 0 Å². The van der Waals surface area contributed by atoms with Crippen LogP contribution in [-0.4, -0.2) is 35.7 Å². The summed E-state index contributed by atoms with van der Waals surface area (Å²) >= 11 is 1.77. The molecule has 3 N–H and O–H groups in total. The maximum atomic E-state index is 9.46. The summed E-state index contributed by atoms with van der Waals surface area (Å²) in [5.74, 6) is 0. The summed E-state index contributed by atoms with van der Waals surface area (Å²) in [6.07, 6.45) is 1.65. The van der Waals surface area contributed by atoms with E-state index in [0.717, 1.165) is 25.9 Å². The molecule has 1 saturated heterocycles. The van der Waals surface area contributed by atoms with Crippen LogP contribution in [0.1, 0.15) is 23.8 Å². The number of aliphatic hydroxyl groups is 1. The van der Waals surface area contributed by atoms with Gasteiger partial charge in [-0.05, 0) is 24.3 Å². The Labute approximate surface area is 94.5 Å². The van der Waals surface area contributed by atoms with Crippen molar-refractivity contribution in [1.29, 1.82) is 0 Å². The predicted octanol–water partition coefficient (Wildman–Crippen LogP) is 1.20. The minimum atomic E-state index is -0.108. The average molecular weight is 226 g/mol. The van der Waals surface area contributed by atoms with Crippen LogP contribution in [0, 0.1) is 0 Å². The summed E-state index contributed by atoms with van der Waals surface area (Å²) < 4.78 is 0. The summed E-state index contributed by atoms with van der Waals surface area (Å²) in [5.41, 5.74) is 5.83. The topological polar surface area (TPSA) is 49.5 Å². The van der Waals surface area contributed by atoms with Crippen molar-refractivity contribution in [2.75, 3.05) is 19.6 Å². The van der Waals surface area contributed by atoms with Gasteiger partial charge in [0.1, 0.15) is 0 Å². The van der Waals surface area contributed by atoms with Crippen LogP contribution in [0.3, 0.4) is 0 Å². The Balaban J connectivity index is 2.01. The van der Waals surface area contributed by atoms with E-state index in [2.05, 4.69) is 22.4 Å². The largest absolute Gasteiger partial charge is 0.393 e. The zero-order valence-corrected chi connectivity index (χ0v) is 9.62. The Hall–Kier alpha value is -0.420. The minimum Gasteiger partial charge on any atom is -0.393 e. The van der Waals surface area contributed by atoms with E-state index in [1.54, 1.807) is 11.3 Å². The highest BCUT2D eigenvalue weighted by Gasteiger charge is 2.24. The number of hydrogen-bond acceptors (Lipinski definition) is 4. The van der Waals surface area contributed by atoms with Crippen LogP contribution in [0.5, 0.6) is 0 Å². The van der Waals surface area contributed by atoms with Crippen LogP contribution < -0.4 is 5.73 Å². The summed E-state index contributed by atoms with van der Waals surface area (Å²) in [6, 6.07) is 4.56. The second kappa shape index (κ2) is 5.07. The number of thiophene rings is 1. The molecule has 1 aromatic heterocycles. The van der Waals surface area contributed by atoms with E-state index in [9.17, 15) is 5.11 Å². The van der Waals surface area contributed by atoms with E-state index in [4.69, 9.17) is 5.73 Å². The molecule has 0 aromatic carbocycles. The van der Waals surface area contributed by atoms with Crippen molar-refractivity contribution in [3.05, 3.63) is 22.4 Å². The number of hydrogen-bond donors (Lipinski definition) is 2. The second-order valence-electron chi connectivity index (χ2n) is 4.03. The van der Waals surface area contributed by atoms with Gasteiger partial charge in [-0.15, -0.1) is 11.3 Å². The lowest BCUT2D eigenvalue weighted by atomic mass is 10.0. The molecule has 1 fully saturated rings. The third kappa shape index (κ3) is 2.58. The highest BCUT2D eigenvalue weighted by Crippen LogP contribution is 2.26. The summed E-state index contributed by atoms with van der Waals surface area (Å²) in [6.45, 7) is 2.58. The fourth-order valence-electron chi connectivity index (χ4n) is 2.12. The van der Waals surface area contributed by atoms with Gasteiger partial charge in [-0.25, -0.2) is 0 Å². The molecule has 2 heterocycles. The Morgan fingerprint density at radius 1 is 1.53 bits per heavy atom. The first-order valence-electron chi connectivity index (χ1n) is 5.47. The fourth-order valence-corrected chi connectivity index (χ4v) is 3.00. The van der Waals surface area contributed by atoms with Crippen molar-refractivity contribution in [2.45, 2.75) is 25.0 Å². The van der Waals surface area contributed by atoms with E-state index in [1.165, 1.54) is 4.88 Å². The molecule has 0 amide bonds. The molecular formula is C11H18N2OS. The SMILES string of the molecule is NCC(c1cccs1)N1CCC(O)CC1. The van der Waals surface area contributed by atoms with E-state index >= 15 is 0 Å². The van der Waals surface area contributed by atoms with Crippen LogP contribution in [0.25, 0.3) is 0 Å². The Kier molecular flexibility index (Phi) is 3.75. The molecule has 1 aromatic rings. The molecule has 0 radical (unpaired) electrons. The molecule has 0 saturated carbocycles. The van der Waals surface area contributed by atoms with E-state index < -0.39 is 0 Å². The van der Waals surface area contributed by atoms with E-state index in [0.29, 0.717) is 12.6 Å². The summed E-state index contributed by atoms with van der Waals surface area (Å²) in [7, 11) is 0. The van der Waals surface area contributed by atoms with Gasteiger partial charge in [0.05, 0.1) is 12.1 Å². The number of piperidine rings is 1. The second-order valence-corrected chi connectivity index (χ2v) is 5.01. The predicted molar refractivity (Wildman–Crippen MR) is 62.9 cm³/mol. The number of aliphatic hydroxyl groups excluding tert-OH is 1. The fraction of sp³-hybridized carbons (Fsp3) is 0.636. The van der Waals surface area contributed by atoms with Gasteiger partial charge in [0, 0.05) is 24.5 Å². The summed E-state index contributed by atoms with van der Waals surface area (Å²) in [4.78, 5) is 3.73. The zero-order chi connectivity index (χ0) is 10.7. The Bertz CT molecular complexity index is 281. The summed E-state index contributed by atoms with van der Waals surface area (Å²) in [5, 5.41) is 11.6. The molecule has 0 aliphatic carbocycles. The van der Waals surface area contributed by atoms with Crippen molar-refractivity contribution < 1.29 is 5.11 Å². The van der Waals surface area contributed by atoms with Crippen molar-refractivity contribution in [3.8, 4) is 0 Å². The zero-order valence-electron chi connectivity index (χ0n) is 8.80. The first-order valence-corrected chi connectivity index (χ1v) is 6.35. The third-order valence-corrected chi connectivity index (χ3v) is 4.01. The van der Waals surface area contributed by atoms with Gasteiger partial charge >= 0.3 is 0 Å². The number of rotatable bonds is 3. The first kappa shape index (κ1) is 11.1. The smallest absolute Gasteiger partial charge is 0.0564 e. The van der Waals surface area contributed by atoms with E-state index in [1.807, 2.05) is 0 Å². The Morgan fingerprint density at radius 3 is 2.80 bits per heavy atom. The molecule has 3 nitrogen and oxygen atoms in total. The van der Waals surface area contributed by atoms with Crippen LogP contribution in [0.4, 0.5) is 0 Å². The molecule has 1 atom stereocenters. The van der Waals surface area contributed by atoms with Crippen molar-refractivity contribution >= 4 is 11.3 Å². The van der Waals surface area contributed by atoms with Crippen LogP contribution in [0.15, 0.2) is 17.5 Å². The van der Waals surface area contributed by atoms with Crippen molar-refractivity contribution in [1.82, 2.24) is 4.90 Å². The lowest BCUT2D eigenvalue weighted by Gasteiger charge is -2.35. The van der Waals surface area contributed by atoms with Gasteiger partial charge in [-0.2, -0.15) is 0 Å². The molecule has 1 unspecified atom stereocenters. The van der Waals surface area contributed by atoms with Crippen LogP contribution in [-0.2, 0) is 0 Å². The molecule has 0 bridgehead atoms.